The third-order valence-electron chi connectivity index (χ3n) is 3.72. The lowest BCUT2D eigenvalue weighted by Crippen LogP contribution is -2.40. The van der Waals surface area contributed by atoms with Crippen molar-refractivity contribution < 1.29 is 4.79 Å². The van der Waals surface area contributed by atoms with Crippen molar-refractivity contribution in [3.63, 3.8) is 0 Å². The molecule has 0 saturated carbocycles. The largest absolute Gasteiger partial charge is 0.342 e. The lowest BCUT2D eigenvalue weighted by Gasteiger charge is -2.26. The third-order valence-corrected chi connectivity index (χ3v) is 3.72. The summed E-state index contributed by atoms with van der Waals surface area (Å²) in [6.45, 7) is 8.93. The Balaban J connectivity index is 2.54. The molecule has 1 heterocycles. The van der Waals surface area contributed by atoms with E-state index < -0.39 is 0 Å². The Kier molecular flexibility index (Phi) is 5.96. The monoisotopic (exact) mass is 240 g/mol. The van der Waals surface area contributed by atoms with Crippen molar-refractivity contribution in [1.82, 2.24) is 4.90 Å². The highest BCUT2D eigenvalue weighted by molar-refractivity contribution is 5.79. The van der Waals surface area contributed by atoms with E-state index in [1.165, 1.54) is 6.42 Å². The van der Waals surface area contributed by atoms with E-state index in [2.05, 4.69) is 20.8 Å². The first-order chi connectivity index (χ1) is 8.04. The molecule has 0 aliphatic carbocycles. The van der Waals surface area contributed by atoms with Crippen molar-refractivity contribution in [2.24, 2.45) is 23.5 Å². The molecule has 1 amide bonds. The number of nitrogens with zero attached hydrogens (tertiary/aromatic N) is 1. The van der Waals surface area contributed by atoms with Crippen molar-refractivity contribution >= 4 is 5.91 Å². The van der Waals surface area contributed by atoms with Crippen LogP contribution in [0.15, 0.2) is 0 Å². The van der Waals surface area contributed by atoms with Crippen molar-refractivity contribution in [2.45, 2.75) is 46.5 Å². The number of hydrogen-bond acceptors (Lipinski definition) is 2. The van der Waals surface area contributed by atoms with Gasteiger partial charge in [-0.15, -0.1) is 0 Å². The summed E-state index contributed by atoms with van der Waals surface area (Å²) in [5.41, 5.74) is 5.75. The SMILES string of the molecule is CC(C)CC(CN)C(=O)N1CCCC(C)CC1. The molecule has 0 aromatic rings. The Hall–Kier alpha value is -0.570. The van der Waals surface area contributed by atoms with Gasteiger partial charge in [0.05, 0.1) is 5.92 Å². The number of nitrogens with two attached hydrogens (primary N) is 1. The van der Waals surface area contributed by atoms with Gasteiger partial charge in [-0.2, -0.15) is 0 Å². The lowest BCUT2D eigenvalue weighted by atomic mass is 9.95. The van der Waals surface area contributed by atoms with Crippen molar-refractivity contribution in [2.75, 3.05) is 19.6 Å². The summed E-state index contributed by atoms with van der Waals surface area (Å²) < 4.78 is 0. The molecule has 17 heavy (non-hydrogen) atoms. The molecule has 0 aromatic heterocycles. The van der Waals surface area contributed by atoms with Crippen LogP contribution in [0.1, 0.15) is 46.5 Å². The van der Waals surface area contributed by atoms with Gasteiger partial charge in [-0.3, -0.25) is 4.79 Å². The standard InChI is InChI=1S/C14H28N2O/c1-11(2)9-13(10-15)14(17)16-7-4-5-12(3)6-8-16/h11-13H,4-10,15H2,1-3H3. The zero-order valence-electron chi connectivity index (χ0n) is 11.6. The van der Waals surface area contributed by atoms with Gasteiger partial charge in [-0.25, -0.2) is 0 Å². The Bertz CT molecular complexity index is 240. The molecule has 1 rings (SSSR count). The highest BCUT2D eigenvalue weighted by atomic mass is 16.2. The molecule has 1 saturated heterocycles. The van der Waals surface area contributed by atoms with E-state index in [-0.39, 0.29) is 11.8 Å². The molecule has 0 radical (unpaired) electrons. The molecule has 0 aromatic carbocycles. The number of rotatable bonds is 4. The van der Waals surface area contributed by atoms with Gasteiger partial charge in [0.25, 0.3) is 0 Å². The number of likely N-dealkylation sites (tertiary alicyclic amines) is 1. The van der Waals surface area contributed by atoms with Gasteiger partial charge >= 0.3 is 0 Å². The normalized spacial score (nSPS) is 23.6. The van der Waals surface area contributed by atoms with E-state index in [4.69, 9.17) is 5.73 Å². The second kappa shape index (κ2) is 7.00. The van der Waals surface area contributed by atoms with Gasteiger partial charge in [-0.1, -0.05) is 20.8 Å². The van der Waals surface area contributed by atoms with Crippen LogP contribution in [-0.4, -0.2) is 30.4 Å². The maximum Gasteiger partial charge on any atom is 0.226 e. The van der Waals surface area contributed by atoms with E-state index in [9.17, 15) is 4.79 Å². The fraction of sp³-hybridized carbons (Fsp3) is 0.929. The Morgan fingerprint density at radius 3 is 2.65 bits per heavy atom. The van der Waals surface area contributed by atoms with Gasteiger partial charge in [0.2, 0.25) is 5.91 Å². The average molecular weight is 240 g/mol. The number of hydrogen-bond donors (Lipinski definition) is 1. The van der Waals surface area contributed by atoms with E-state index in [0.717, 1.165) is 38.3 Å². The molecule has 1 fully saturated rings. The summed E-state index contributed by atoms with van der Waals surface area (Å²) in [4.78, 5) is 14.4. The Morgan fingerprint density at radius 1 is 1.35 bits per heavy atom. The van der Waals surface area contributed by atoms with Crippen molar-refractivity contribution in [3.05, 3.63) is 0 Å². The molecule has 0 bridgehead atoms. The molecule has 100 valence electrons. The minimum Gasteiger partial charge on any atom is -0.342 e. The molecular formula is C14H28N2O. The summed E-state index contributed by atoms with van der Waals surface area (Å²) in [5.74, 6) is 1.62. The maximum absolute atomic E-state index is 12.4. The minimum atomic E-state index is 0.0309. The van der Waals surface area contributed by atoms with Crippen molar-refractivity contribution in [1.29, 1.82) is 0 Å². The smallest absolute Gasteiger partial charge is 0.226 e. The molecule has 0 spiro atoms. The molecule has 2 atom stereocenters. The second-order valence-electron chi connectivity index (χ2n) is 5.92. The molecule has 1 aliphatic heterocycles. The van der Waals surface area contributed by atoms with Crippen LogP contribution in [-0.2, 0) is 4.79 Å². The van der Waals surface area contributed by atoms with E-state index in [1.807, 2.05) is 4.90 Å². The first-order valence-electron chi connectivity index (χ1n) is 7.03. The summed E-state index contributed by atoms with van der Waals surface area (Å²) >= 11 is 0. The molecule has 2 N–H and O–H groups in total. The van der Waals surface area contributed by atoms with Crippen LogP contribution in [0.4, 0.5) is 0 Å². The van der Waals surface area contributed by atoms with Crippen molar-refractivity contribution in [3.8, 4) is 0 Å². The summed E-state index contributed by atoms with van der Waals surface area (Å²) in [5, 5.41) is 0. The van der Waals surface area contributed by atoms with Crippen LogP contribution >= 0.6 is 0 Å². The number of carbonyl (C=O) groups excluding carboxylic acids is 1. The fourth-order valence-electron chi connectivity index (χ4n) is 2.61. The summed E-state index contributed by atoms with van der Waals surface area (Å²) in [6.07, 6.45) is 4.46. The van der Waals surface area contributed by atoms with E-state index >= 15 is 0 Å². The number of amides is 1. The van der Waals surface area contributed by atoms with Crippen LogP contribution < -0.4 is 5.73 Å². The maximum atomic E-state index is 12.4. The topological polar surface area (TPSA) is 46.3 Å². The first kappa shape index (κ1) is 14.5. The van der Waals surface area contributed by atoms with Crippen LogP contribution in [0, 0.1) is 17.8 Å². The zero-order valence-corrected chi connectivity index (χ0v) is 11.6. The lowest BCUT2D eigenvalue weighted by molar-refractivity contribution is -0.135. The predicted molar refractivity (Wildman–Crippen MR) is 71.6 cm³/mol. The number of carbonyl (C=O) groups is 1. The average Bonchev–Trinajstić information content (AvgIpc) is 2.49. The van der Waals surface area contributed by atoms with E-state index in [0.29, 0.717) is 12.5 Å². The van der Waals surface area contributed by atoms with Gasteiger partial charge in [0.15, 0.2) is 0 Å². The van der Waals surface area contributed by atoms with Crippen LogP contribution in [0.3, 0.4) is 0 Å². The predicted octanol–water partition coefficient (Wildman–Crippen LogP) is 2.26. The van der Waals surface area contributed by atoms with Gasteiger partial charge in [0.1, 0.15) is 0 Å². The van der Waals surface area contributed by atoms with Gasteiger partial charge in [-0.05, 0) is 37.5 Å². The molecule has 1 aliphatic rings. The Labute approximate surface area is 106 Å². The molecule has 2 unspecified atom stereocenters. The van der Waals surface area contributed by atoms with Crippen LogP contribution in [0.2, 0.25) is 0 Å². The zero-order chi connectivity index (χ0) is 12.8. The highest BCUT2D eigenvalue weighted by Crippen LogP contribution is 2.20. The molecule has 3 heteroatoms. The van der Waals surface area contributed by atoms with Crippen LogP contribution in [0.5, 0.6) is 0 Å². The quantitative estimate of drug-likeness (QED) is 0.819. The molecule has 3 nitrogen and oxygen atoms in total. The van der Waals surface area contributed by atoms with Crippen LogP contribution in [0.25, 0.3) is 0 Å². The second-order valence-corrected chi connectivity index (χ2v) is 5.92. The first-order valence-corrected chi connectivity index (χ1v) is 7.03. The Morgan fingerprint density at radius 2 is 2.06 bits per heavy atom. The third kappa shape index (κ3) is 4.66. The molecular weight excluding hydrogens is 212 g/mol. The van der Waals surface area contributed by atoms with Gasteiger partial charge < -0.3 is 10.6 Å². The summed E-state index contributed by atoms with van der Waals surface area (Å²) in [6, 6.07) is 0. The van der Waals surface area contributed by atoms with Gasteiger partial charge in [0, 0.05) is 19.6 Å². The fourth-order valence-corrected chi connectivity index (χ4v) is 2.61. The highest BCUT2D eigenvalue weighted by Gasteiger charge is 2.25. The minimum absolute atomic E-state index is 0.0309. The van der Waals surface area contributed by atoms with E-state index in [1.54, 1.807) is 0 Å². The summed E-state index contributed by atoms with van der Waals surface area (Å²) in [7, 11) is 0.